The third-order valence-electron chi connectivity index (χ3n) is 4.43. The molecule has 98 valence electrons. The molecule has 2 fully saturated rings. The van der Waals surface area contributed by atoms with Crippen LogP contribution < -0.4 is 5.19 Å². The van der Waals surface area contributed by atoms with Crippen molar-refractivity contribution in [2.24, 2.45) is 0 Å². The lowest BCUT2D eigenvalue weighted by Gasteiger charge is -2.32. The van der Waals surface area contributed by atoms with Crippen LogP contribution in [0.5, 0.6) is 0 Å². The van der Waals surface area contributed by atoms with E-state index in [2.05, 4.69) is 50.3 Å². The van der Waals surface area contributed by atoms with E-state index in [1.54, 1.807) is 0 Å². The van der Waals surface area contributed by atoms with Gasteiger partial charge in [-0.05, 0) is 19.4 Å². The molecule has 2 heterocycles. The molecule has 2 aliphatic rings. The number of ether oxygens (including phenoxy) is 2. The van der Waals surface area contributed by atoms with Gasteiger partial charge in [0.1, 0.15) is 0 Å². The monoisotopic (exact) mass is 262 g/mol. The highest BCUT2D eigenvalue weighted by atomic mass is 28.3. The van der Waals surface area contributed by atoms with E-state index in [1.165, 1.54) is 11.2 Å². The zero-order valence-electron chi connectivity index (χ0n) is 11.5. The van der Waals surface area contributed by atoms with Crippen molar-refractivity contribution in [2.45, 2.75) is 50.3 Å². The molecule has 1 aromatic rings. The van der Waals surface area contributed by atoms with Crippen LogP contribution in [0.25, 0.3) is 0 Å². The predicted octanol–water partition coefficient (Wildman–Crippen LogP) is 2.90. The van der Waals surface area contributed by atoms with Crippen LogP contribution in [0.15, 0.2) is 30.3 Å². The van der Waals surface area contributed by atoms with E-state index in [0.29, 0.717) is 0 Å². The SMILES string of the molecule is CC12CCC(C[Si](C)(C)c3ccccc3)(CO1)O2. The first-order valence-corrected chi connectivity index (χ1v) is 10.0. The van der Waals surface area contributed by atoms with Crippen molar-refractivity contribution in [3.05, 3.63) is 30.3 Å². The quantitative estimate of drug-likeness (QED) is 0.780. The Labute approximate surface area is 110 Å². The van der Waals surface area contributed by atoms with Crippen molar-refractivity contribution in [3.8, 4) is 0 Å². The molecule has 2 bridgehead atoms. The number of rotatable bonds is 3. The molecule has 0 amide bonds. The van der Waals surface area contributed by atoms with Crippen molar-refractivity contribution in [2.75, 3.05) is 6.61 Å². The molecule has 2 aliphatic heterocycles. The first-order valence-electron chi connectivity index (χ1n) is 6.83. The summed E-state index contributed by atoms with van der Waals surface area (Å²) in [5.41, 5.74) is 0.000311. The molecule has 0 saturated carbocycles. The Hall–Kier alpha value is -0.643. The molecule has 0 aromatic heterocycles. The van der Waals surface area contributed by atoms with Gasteiger partial charge in [0, 0.05) is 6.42 Å². The maximum Gasteiger partial charge on any atom is 0.166 e. The lowest BCUT2D eigenvalue weighted by molar-refractivity contribution is -0.136. The summed E-state index contributed by atoms with van der Waals surface area (Å²) in [5.74, 6) is -0.291. The molecular formula is C15H22O2Si. The first kappa shape index (κ1) is 12.4. The van der Waals surface area contributed by atoms with Crippen molar-refractivity contribution >= 4 is 13.3 Å². The third kappa shape index (κ3) is 2.04. The normalized spacial score (nSPS) is 35.1. The highest BCUT2D eigenvalue weighted by Gasteiger charge is 2.56. The second-order valence-electron chi connectivity index (χ2n) is 6.63. The van der Waals surface area contributed by atoms with E-state index in [9.17, 15) is 0 Å². The fourth-order valence-corrected chi connectivity index (χ4v) is 6.74. The Balaban J connectivity index is 1.81. The van der Waals surface area contributed by atoms with Crippen LogP contribution in [0.4, 0.5) is 0 Å². The molecule has 0 aliphatic carbocycles. The minimum atomic E-state index is -1.45. The molecule has 2 saturated heterocycles. The van der Waals surface area contributed by atoms with Gasteiger partial charge in [-0.2, -0.15) is 0 Å². The molecule has 2 nitrogen and oxygen atoms in total. The first-order chi connectivity index (χ1) is 8.43. The van der Waals surface area contributed by atoms with E-state index < -0.39 is 8.07 Å². The van der Waals surface area contributed by atoms with Gasteiger partial charge in [-0.3, -0.25) is 0 Å². The van der Waals surface area contributed by atoms with E-state index in [-0.39, 0.29) is 11.4 Å². The highest BCUT2D eigenvalue weighted by molar-refractivity contribution is 6.90. The topological polar surface area (TPSA) is 18.5 Å². The summed E-state index contributed by atoms with van der Waals surface area (Å²) in [5, 5.41) is 1.52. The minimum absolute atomic E-state index is 0.000311. The van der Waals surface area contributed by atoms with Crippen molar-refractivity contribution in [3.63, 3.8) is 0 Å². The third-order valence-corrected chi connectivity index (χ3v) is 7.85. The number of hydrogen-bond acceptors (Lipinski definition) is 2. The summed E-state index contributed by atoms with van der Waals surface area (Å²) in [6.07, 6.45) is 2.21. The zero-order chi connectivity index (χ0) is 12.9. The maximum absolute atomic E-state index is 6.22. The number of fused-ring (bicyclic) bond motifs is 2. The Bertz CT molecular complexity index is 433. The predicted molar refractivity (Wildman–Crippen MR) is 75.8 cm³/mol. The standard InChI is InChI=1S/C15H22O2Si/c1-14-9-10-15(17-14,11-16-14)12-18(2,3)13-7-5-4-6-8-13/h4-8H,9-12H2,1-3H3. The molecule has 0 radical (unpaired) electrons. The number of hydrogen-bond donors (Lipinski definition) is 0. The van der Waals surface area contributed by atoms with Crippen LogP contribution in [0.2, 0.25) is 19.1 Å². The van der Waals surface area contributed by atoms with E-state index in [1.807, 2.05) is 0 Å². The second-order valence-corrected chi connectivity index (χ2v) is 11.3. The fraction of sp³-hybridized carbons (Fsp3) is 0.600. The van der Waals surface area contributed by atoms with Crippen LogP contribution >= 0.6 is 0 Å². The van der Waals surface area contributed by atoms with E-state index in [0.717, 1.165) is 19.4 Å². The molecule has 2 unspecified atom stereocenters. The van der Waals surface area contributed by atoms with Gasteiger partial charge in [-0.15, -0.1) is 0 Å². The second kappa shape index (κ2) is 3.92. The summed E-state index contributed by atoms with van der Waals surface area (Å²) in [6.45, 7) is 7.74. The van der Waals surface area contributed by atoms with Crippen molar-refractivity contribution < 1.29 is 9.47 Å². The summed E-state index contributed by atoms with van der Waals surface area (Å²) in [7, 11) is -1.45. The van der Waals surface area contributed by atoms with Gasteiger partial charge in [-0.25, -0.2) is 0 Å². The average Bonchev–Trinajstić information content (AvgIpc) is 2.82. The molecule has 1 aromatic carbocycles. The van der Waals surface area contributed by atoms with Gasteiger partial charge in [0.2, 0.25) is 0 Å². The summed E-state index contributed by atoms with van der Waals surface area (Å²) < 4.78 is 12.0. The van der Waals surface area contributed by atoms with E-state index >= 15 is 0 Å². The molecule has 2 atom stereocenters. The molecule has 0 N–H and O–H groups in total. The molecule has 18 heavy (non-hydrogen) atoms. The van der Waals surface area contributed by atoms with Crippen LogP contribution in [0.3, 0.4) is 0 Å². The lowest BCUT2D eigenvalue weighted by atomic mass is 10.0. The lowest BCUT2D eigenvalue weighted by Crippen LogP contribution is -2.48. The molecule has 0 spiro atoms. The van der Waals surface area contributed by atoms with Crippen molar-refractivity contribution in [1.29, 1.82) is 0 Å². The minimum Gasteiger partial charge on any atom is -0.347 e. The summed E-state index contributed by atoms with van der Waals surface area (Å²) in [6, 6.07) is 12.1. The van der Waals surface area contributed by atoms with Crippen LogP contribution in [0, 0.1) is 0 Å². The Morgan fingerprint density at radius 1 is 1.17 bits per heavy atom. The van der Waals surface area contributed by atoms with Gasteiger partial charge in [0.05, 0.1) is 20.3 Å². The van der Waals surface area contributed by atoms with Gasteiger partial charge in [0.15, 0.2) is 5.79 Å². The smallest absolute Gasteiger partial charge is 0.166 e. The summed E-state index contributed by atoms with van der Waals surface area (Å²) >= 11 is 0. The zero-order valence-corrected chi connectivity index (χ0v) is 12.5. The number of benzene rings is 1. The van der Waals surface area contributed by atoms with Gasteiger partial charge in [-0.1, -0.05) is 48.6 Å². The fourth-order valence-electron chi connectivity index (χ4n) is 3.47. The Morgan fingerprint density at radius 2 is 1.89 bits per heavy atom. The van der Waals surface area contributed by atoms with Crippen LogP contribution in [-0.2, 0) is 9.47 Å². The van der Waals surface area contributed by atoms with Gasteiger partial charge in [0.25, 0.3) is 0 Å². The summed E-state index contributed by atoms with van der Waals surface area (Å²) in [4.78, 5) is 0. The van der Waals surface area contributed by atoms with Gasteiger partial charge >= 0.3 is 0 Å². The van der Waals surface area contributed by atoms with Gasteiger partial charge < -0.3 is 9.47 Å². The molecule has 3 rings (SSSR count). The molecular weight excluding hydrogens is 240 g/mol. The molecule has 3 heteroatoms. The Kier molecular flexibility index (Phi) is 2.70. The highest BCUT2D eigenvalue weighted by Crippen LogP contribution is 2.49. The van der Waals surface area contributed by atoms with E-state index in [4.69, 9.17) is 9.47 Å². The van der Waals surface area contributed by atoms with Crippen LogP contribution in [-0.4, -0.2) is 26.1 Å². The van der Waals surface area contributed by atoms with Crippen molar-refractivity contribution in [1.82, 2.24) is 0 Å². The average molecular weight is 262 g/mol. The largest absolute Gasteiger partial charge is 0.347 e. The Morgan fingerprint density at radius 3 is 2.39 bits per heavy atom. The van der Waals surface area contributed by atoms with Crippen LogP contribution in [0.1, 0.15) is 19.8 Å². The maximum atomic E-state index is 6.22.